The van der Waals surface area contributed by atoms with Gasteiger partial charge < -0.3 is 30.9 Å². The molecule has 0 aromatic heterocycles. The largest absolute Gasteiger partial charge is 0.482 e. The van der Waals surface area contributed by atoms with E-state index in [0.717, 1.165) is 36.8 Å². The molecule has 1 fully saturated rings. The summed E-state index contributed by atoms with van der Waals surface area (Å²) in [6.45, 7) is 5.67. The van der Waals surface area contributed by atoms with Crippen LogP contribution in [0.3, 0.4) is 0 Å². The molecule has 0 radical (unpaired) electrons. The standard InChI is InChI=1S/C36H43N5O5/c1-36(2,23-37)18-4-5-33(43)40(3)20-24-8-13-28(14-9-24)38-34(44)26-10-6-25(7-11-26)21-41(29-15-16-29)35(45)27-12-17-30-31(19-27)46-22-32(42)39-30/h6-14,17,19,29H,4-5,15-16,18,20-23,37H2,1-3H3,(H,38,44)(H,39,42). The van der Waals surface area contributed by atoms with E-state index in [1.807, 2.05) is 41.3 Å². The van der Waals surface area contributed by atoms with E-state index in [9.17, 15) is 19.2 Å². The van der Waals surface area contributed by atoms with Crippen molar-refractivity contribution < 1.29 is 23.9 Å². The van der Waals surface area contributed by atoms with Crippen molar-refractivity contribution >= 4 is 35.0 Å². The van der Waals surface area contributed by atoms with E-state index in [1.165, 1.54) is 0 Å². The third kappa shape index (κ3) is 8.51. The Hall–Kier alpha value is -4.70. The lowest BCUT2D eigenvalue weighted by atomic mass is 9.87. The average Bonchev–Trinajstić information content (AvgIpc) is 3.89. The molecule has 10 heteroatoms. The molecule has 5 rings (SSSR count). The summed E-state index contributed by atoms with van der Waals surface area (Å²) >= 11 is 0. The zero-order valence-corrected chi connectivity index (χ0v) is 26.8. The first kappa shape index (κ1) is 32.7. The molecule has 1 aliphatic heterocycles. The van der Waals surface area contributed by atoms with Crippen LogP contribution in [0.25, 0.3) is 0 Å². The van der Waals surface area contributed by atoms with Crippen molar-refractivity contribution in [2.75, 3.05) is 30.8 Å². The van der Waals surface area contributed by atoms with E-state index >= 15 is 0 Å². The summed E-state index contributed by atoms with van der Waals surface area (Å²) in [6.07, 6.45) is 4.11. The van der Waals surface area contributed by atoms with Crippen LogP contribution < -0.4 is 21.1 Å². The molecule has 0 atom stereocenters. The number of nitrogens with zero attached hydrogens (tertiary/aromatic N) is 2. The second-order valence-corrected chi connectivity index (χ2v) is 13.0. The van der Waals surface area contributed by atoms with Gasteiger partial charge in [0.15, 0.2) is 6.61 Å². The molecule has 0 unspecified atom stereocenters. The zero-order valence-electron chi connectivity index (χ0n) is 26.8. The number of benzene rings is 3. The fraction of sp³-hybridized carbons (Fsp3) is 0.389. The van der Waals surface area contributed by atoms with Gasteiger partial charge in [-0.15, -0.1) is 0 Å². The van der Waals surface area contributed by atoms with Gasteiger partial charge in [0.05, 0.1) is 5.69 Å². The Morgan fingerprint density at radius 3 is 2.28 bits per heavy atom. The summed E-state index contributed by atoms with van der Waals surface area (Å²) in [5, 5.41) is 5.68. The van der Waals surface area contributed by atoms with Gasteiger partial charge in [-0.05, 0) is 91.2 Å². The van der Waals surface area contributed by atoms with Gasteiger partial charge >= 0.3 is 0 Å². The lowest BCUT2D eigenvalue weighted by Crippen LogP contribution is -2.33. The maximum Gasteiger partial charge on any atom is 0.262 e. The molecule has 2 aliphatic rings. The van der Waals surface area contributed by atoms with Gasteiger partial charge in [-0.25, -0.2) is 0 Å². The lowest BCUT2D eigenvalue weighted by molar-refractivity contribution is -0.130. The number of anilines is 2. The van der Waals surface area contributed by atoms with Crippen LogP contribution in [-0.4, -0.2) is 59.7 Å². The third-order valence-electron chi connectivity index (χ3n) is 8.53. The Balaban J connectivity index is 1.13. The van der Waals surface area contributed by atoms with Crippen LogP contribution in [0.1, 0.15) is 77.8 Å². The highest BCUT2D eigenvalue weighted by Gasteiger charge is 2.33. The van der Waals surface area contributed by atoms with Crippen LogP contribution >= 0.6 is 0 Å². The van der Waals surface area contributed by atoms with Gasteiger partial charge in [0.1, 0.15) is 5.75 Å². The van der Waals surface area contributed by atoms with Gasteiger partial charge in [0, 0.05) is 49.4 Å². The number of nitrogens with one attached hydrogen (secondary N) is 2. The number of carbonyl (C=O) groups is 4. The fourth-order valence-corrected chi connectivity index (χ4v) is 5.35. The molecule has 0 bridgehead atoms. The number of hydrogen-bond acceptors (Lipinski definition) is 6. The van der Waals surface area contributed by atoms with E-state index in [2.05, 4.69) is 24.5 Å². The Bertz CT molecular complexity index is 1580. The minimum Gasteiger partial charge on any atom is -0.482 e. The van der Waals surface area contributed by atoms with E-state index in [1.54, 1.807) is 42.3 Å². The summed E-state index contributed by atoms with van der Waals surface area (Å²) < 4.78 is 5.49. The molecule has 3 aromatic rings. The van der Waals surface area contributed by atoms with E-state index in [-0.39, 0.29) is 41.7 Å². The molecule has 0 spiro atoms. The number of amides is 4. The molecule has 4 N–H and O–H groups in total. The molecular weight excluding hydrogens is 582 g/mol. The number of hydrogen-bond donors (Lipinski definition) is 3. The quantitative estimate of drug-likeness (QED) is 0.240. The molecule has 46 heavy (non-hydrogen) atoms. The van der Waals surface area contributed by atoms with Crippen LogP contribution in [0.2, 0.25) is 0 Å². The number of nitrogens with two attached hydrogens (primary N) is 1. The van der Waals surface area contributed by atoms with E-state index in [4.69, 9.17) is 10.5 Å². The molecule has 1 heterocycles. The molecular formula is C36H43N5O5. The van der Waals surface area contributed by atoms with Crippen LogP contribution in [0, 0.1) is 5.41 Å². The Kier molecular flexibility index (Phi) is 10.1. The lowest BCUT2D eigenvalue weighted by Gasteiger charge is -2.24. The first-order chi connectivity index (χ1) is 22.0. The van der Waals surface area contributed by atoms with Crippen molar-refractivity contribution in [1.82, 2.24) is 9.80 Å². The predicted molar refractivity (Wildman–Crippen MR) is 177 cm³/mol. The fourth-order valence-electron chi connectivity index (χ4n) is 5.35. The normalized spacial score (nSPS) is 14.0. The molecule has 1 aliphatic carbocycles. The van der Waals surface area contributed by atoms with Gasteiger partial charge in [-0.2, -0.15) is 0 Å². The van der Waals surface area contributed by atoms with E-state index in [0.29, 0.717) is 54.3 Å². The van der Waals surface area contributed by atoms with Crippen molar-refractivity contribution in [2.24, 2.45) is 11.1 Å². The molecule has 242 valence electrons. The second kappa shape index (κ2) is 14.2. The van der Waals surface area contributed by atoms with Gasteiger partial charge in [0.25, 0.3) is 17.7 Å². The minimum absolute atomic E-state index is 0.0433. The van der Waals surface area contributed by atoms with Crippen molar-refractivity contribution in [3.05, 3.63) is 89.0 Å². The number of fused-ring (bicyclic) bond motifs is 1. The Labute approximate surface area is 270 Å². The van der Waals surface area contributed by atoms with Gasteiger partial charge in [0.2, 0.25) is 5.91 Å². The van der Waals surface area contributed by atoms with Crippen molar-refractivity contribution in [2.45, 2.75) is 65.1 Å². The van der Waals surface area contributed by atoms with Crippen LogP contribution in [0.15, 0.2) is 66.7 Å². The summed E-state index contributed by atoms with van der Waals surface area (Å²) in [7, 11) is 1.81. The molecule has 3 aromatic carbocycles. The SMILES string of the molecule is CN(Cc1ccc(NC(=O)c2ccc(CN(C(=O)c3ccc4c(c3)OCC(=O)N4)C3CC3)cc2)cc1)C(=O)CCCC(C)(C)CN. The smallest absolute Gasteiger partial charge is 0.262 e. The Morgan fingerprint density at radius 1 is 0.957 bits per heavy atom. The molecule has 0 saturated heterocycles. The third-order valence-corrected chi connectivity index (χ3v) is 8.53. The number of rotatable bonds is 13. The Morgan fingerprint density at radius 2 is 1.61 bits per heavy atom. The maximum absolute atomic E-state index is 13.5. The van der Waals surface area contributed by atoms with Crippen LogP contribution in [0.4, 0.5) is 11.4 Å². The van der Waals surface area contributed by atoms with Crippen LogP contribution in [0.5, 0.6) is 5.75 Å². The highest BCUT2D eigenvalue weighted by molar-refractivity contribution is 6.04. The summed E-state index contributed by atoms with van der Waals surface area (Å²) in [5.74, 6) is 0.0375. The topological polar surface area (TPSA) is 134 Å². The van der Waals surface area contributed by atoms with Crippen molar-refractivity contribution in [1.29, 1.82) is 0 Å². The van der Waals surface area contributed by atoms with E-state index < -0.39 is 0 Å². The van der Waals surface area contributed by atoms with Gasteiger partial charge in [-0.3, -0.25) is 19.2 Å². The van der Waals surface area contributed by atoms with Crippen molar-refractivity contribution in [3.8, 4) is 5.75 Å². The first-order valence-corrected chi connectivity index (χ1v) is 15.8. The van der Waals surface area contributed by atoms with Gasteiger partial charge in [-0.1, -0.05) is 38.1 Å². The predicted octanol–water partition coefficient (Wildman–Crippen LogP) is 5.19. The molecule has 10 nitrogen and oxygen atoms in total. The van der Waals surface area contributed by atoms with Crippen LogP contribution in [-0.2, 0) is 22.7 Å². The molecule has 1 saturated carbocycles. The monoisotopic (exact) mass is 625 g/mol. The highest BCUT2D eigenvalue weighted by atomic mass is 16.5. The zero-order chi connectivity index (χ0) is 32.8. The maximum atomic E-state index is 13.5. The second-order valence-electron chi connectivity index (χ2n) is 13.0. The summed E-state index contributed by atoms with van der Waals surface area (Å²) in [5.41, 5.74) is 9.97. The number of carbonyl (C=O) groups excluding carboxylic acids is 4. The molecule has 4 amide bonds. The first-order valence-electron chi connectivity index (χ1n) is 15.8. The minimum atomic E-state index is -0.233. The average molecular weight is 626 g/mol. The summed E-state index contributed by atoms with van der Waals surface area (Å²) in [4.78, 5) is 54.1. The highest BCUT2D eigenvalue weighted by Crippen LogP contribution is 2.33. The summed E-state index contributed by atoms with van der Waals surface area (Å²) in [6, 6.07) is 20.0. The van der Waals surface area contributed by atoms with Crippen molar-refractivity contribution in [3.63, 3.8) is 0 Å². The number of ether oxygens (including phenoxy) is 1.